The summed E-state index contributed by atoms with van der Waals surface area (Å²) in [5.74, 6) is -1.81. The Balaban J connectivity index is 0. The van der Waals surface area contributed by atoms with Crippen LogP contribution >= 0.6 is 0 Å². The predicted octanol–water partition coefficient (Wildman–Crippen LogP) is 3.82. The van der Waals surface area contributed by atoms with Crippen LogP contribution in [0.1, 0.15) is 52.4 Å². The van der Waals surface area contributed by atoms with Crippen LogP contribution in [-0.2, 0) is 23.9 Å². The van der Waals surface area contributed by atoms with Gasteiger partial charge in [-0.15, -0.1) is 0 Å². The number of ether oxygens (including phenoxy) is 2. The van der Waals surface area contributed by atoms with Crippen molar-refractivity contribution in [1.82, 2.24) is 0 Å². The Bertz CT molecular complexity index is 476. The number of unbranched alkanes of at least 4 members (excludes halogenated alkanes) is 3. The maximum atomic E-state index is 11.1. The van der Waals surface area contributed by atoms with E-state index in [0.29, 0.717) is 18.6 Å². The number of carboxylic acid groups (broad SMARTS) is 1. The number of rotatable bonds is 11. The molecule has 0 saturated heterocycles. The lowest BCUT2D eigenvalue weighted by Crippen LogP contribution is -2.07. The number of aliphatic carboxylic acids is 1. The molecule has 0 saturated carbocycles. The van der Waals surface area contributed by atoms with Gasteiger partial charge in [0.05, 0.1) is 13.7 Å². The summed E-state index contributed by atoms with van der Waals surface area (Å²) in [6, 6.07) is 0. The monoisotopic (exact) mass is 354 g/mol. The zero-order valence-corrected chi connectivity index (χ0v) is 15.5. The molecule has 0 amide bonds. The summed E-state index contributed by atoms with van der Waals surface area (Å²) >= 11 is 0. The summed E-state index contributed by atoms with van der Waals surface area (Å²) < 4.78 is 9.35. The number of hydrogen-bond donors (Lipinski definition) is 1. The molecule has 6 heteroatoms. The van der Waals surface area contributed by atoms with Crippen LogP contribution in [0.3, 0.4) is 0 Å². The average molecular weight is 354 g/mol. The van der Waals surface area contributed by atoms with E-state index in [1.54, 1.807) is 0 Å². The molecule has 0 rings (SSSR count). The maximum absolute atomic E-state index is 11.1. The molecular formula is C19H30O6. The van der Waals surface area contributed by atoms with Gasteiger partial charge >= 0.3 is 17.9 Å². The molecule has 0 aromatic rings. The fourth-order valence-electron chi connectivity index (χ4n) is 1.47. The minimum atomic E-state index is -1.05. The largest absolute Gasteiger partial charge is 0.478 e. The highest BCUT2D eigenvalue weighted by Crippen LogP contribution is 2.03. The van der Waals surface area contributed by atoms with E-state index in [1.807, 2.05) is 6.92 Å². The van der Waals surface area contributed by atoms with Gasteiger partial charge in [-0.25, -0.2) is 14.4 Å². The Morgan fingerprint density at radius 2 is 1.64 bits per heavy atom. The summed E-state index contributed by atoms with van der Waals surface area (Å²) in [5.41, 5.74) is 0.797. The number of hydrogen-bond acceptors (Lipinski definition) is 5. The van der Waals surface area contributed by atoms with Crippen LogP contribution in [-0.4, -0.2) is 36.7 Å². The number of esters is 2. The van der Waals surface area contributed by atoms with Gasteiger partial charge in [-0.1, -0.05) is 52.3 Å². The third-order valence-corrected chi connectivity index (χ3v) is 3.05. The highest BCUT2D eigenvalue weighted by Gasteiger charge is 2.04. The van der Waals surface area contributed by atoms with Crippen molar-refractivity contribution in [3.8, 4) is 0 Å². The number of methoxy groups -OCH3 is 1. The van der Waals surface area contributed by atoms with Gasteiger partial charge in [0.25, 0.3) is 0 Å². The van der Waals surface area contributed by atoms with E-state index in [9.17, 15) is 14.4 Å². The lowest BCUT2D eigenvalue weighted by molar-refractivity contribution is -0.139. The van der Waals surface area contributed by atoms with Crippen LogP contribution in [0.2, 0.25) is 0 Å². The molecule has 0 unspecified atom stereocenters. The standard InChI is InChI=1S/C11H20O2.C8H10O4/c1-4-6-7-8-9-13-11(12)10(3)5-2;1-6(8(11)12-2)4-3-5-7(9)10/h3-9H2,1-2H3;3,5H,1,4H2,2H3,(H,9,10). The van der Waals surface area contributed by atoms with Crippen LogP contribution in [0.25, 0.3) is 0 Å². The molecule has 0 aliphatic rings. The second-order valence-electron chi connectivity index (χ2n) is 5.19. The first-order chi connectivity index (χ1) is 11.8. The highest BCUT2D eigenvalue weighted by atomic mass is 16.5. The fourth-order valence-corrected chi connectivity index (χ4v) is 1.47. The van der Waals surface area contributed by atoms with Crippen molar-refractivity contribution in [2.24, 2.45) is 0 Å². The van der Waals surface area contributed by atoms with E-state index in [4.69, 9.17) is 9.84 Å². The molecule has 6 nitrogen and oxygen atoms in total. The van der Waals surface area contributed by atoms with Gasteiger partial charge in [-0.05, 0) is 19.3 Å². The normalized spacial score (nSPS) is 9.72. The van der Waals surface area contributed by atoms with E-state index in [0.717, 1.165) is 18.9 Å². The van der Waals surface area contributed by atoms with Gasteiger partial charge in [0.2, 0.25) is 0 Å². The molecule has 0 aromatic heterocycles. The Morgan fingerprint density at radius 3 is 2.12 bits per heavy atom. The van der Waals surface area contributed by atoms with Crippen LogP contribution in [0.5, 0.6) is 0 Å². The highest BCUT2D eigenvalue weighted by molar-refractivity contribution is 5.88. The lowest BCUT2D eigenvalue weighted by atomic mass is 10.2. The Labute approximate surface area is 150 Å². The second kappa shape index (κ2) is 16.5. The Morgan fingerprint density at radius 1 is 1.00 bits per heavy atom. The van der Waals surface area contributed by atoms with Gasteiger partial charge in [-0.2, -0.15) is 0 Å². The number of allylic oxidation sites excluding steroid dienone is 1. The molecule has 142 valence electrons. The second-order valence-corrected chi connectivity index (χ2v) is 5.19. The molecule has 1 N–H and O–H groups in total. The van der Waals surface area contributed by atoms with Crippen molar-refractivity contribution in [1.29, 1.82) is 0 Å². The summed E-state index contributed by atoms with van der Waals surface area (Å²) in [6.07, 6.45) is 7.68. The van der Waals surface area contributed by atoms with Crippen molar-refractivity contribution < 1.29 is 29.0 Å². The van der Waals surface area contributed by atoms with Crippen LogP contribution < -0.4 is 0 Å². The SMILES string of the molecule is C=C(CC)C(=O)OCCCCCC.C=C(CC=CC(=O)O)C(=O)OC. The van der Waals surface area contributed by atoms with E-state index in [2.05, 4.69) is 24.8 Å². The van der Waals surface area contributed by atoms with Gasteiger partial charge in [-0.3, -0.25) is 0 Å². The Kier molecular flexibility index (Phi) is 16.4. The van der Waals surface area contributed by atoms with Crippen LogP contribution in [0.4, 0.5) is 0 Å². The number of carbonyl (C=O) groups excluding carboxylic acids is 2. The van der Waals surface area contributed by atoms with Crippen molar-refractivity contribution >= 4 is 17.9 Å². The van der Waals surface area contributed by atoms with E-state index < -0.39 is 11.9 Å². The third kappa shape index (κ3) is 16.3. The third-order valence-electron chi connectivity index (χ3n) is 3.05. The summed E-state index contributed by atoms with van der Waals surface area (Å²) in [7, 11) is 1.24. The molecule has 25 heavy (non-hydrogen) atoms. The van der Waals surface area contributed by atoms with Crippen molar-refractivity contribution in [2.75, 3.05) is 13.7 Å². The molecule has 0 spiro atoms. The molecule has 0 aliphatic heterocycles. The predicted molar refractivity (Wildman–Crippen MR) is 97.1 cm³/mol. The molecule has 0 heterocycles. The molecular weight excluding hydrogens is 324 g/mol. The molecule has 0 aliphatic carbocycles. The van der Waals surface area contributed by atoms with Gasteiger partial charge in [0.1, 0.15) is 0 Å². The first-order valence-electron chi connectivity index (χ1n) is 8.30. The van der Waals surface area contributed by atoms with E-state index in [-0.39, 0.29) is 18.0 Å². The lowest BCUT2D eigenvalue weighted by Gasteiger charge is -2.04. The van der Waals surface area contributed by atoms with Gasteiger partial charge < -0.3 is 14.6 Å². The zero-order chi connectivity index (χ0) is 19.7. The van der Waals surface area contributed by atoms with Gasteiger partial charge in [0.15, 0.2) is 0 Å². The van der Waals surface area contributed by atoms with Crippen molar-refractivity contribution in [3.63, 3.8) is 0 Å². The maximum Gasteiger partial charge on any atom is 0.333 e. The number of carboxylic acids is 1. The molecule has 0 atom stereocenters. The van der Waals surface area contributed by atoms with E-state index in [1.165, 1.54) is 26.0 Å². The molecule has 0 radical (unpaired) electrons. The molecule has 0 bridgehead atoms. The minimum Gasteiger partial charge on any atom is -0.478 e. The minimum absolute atomic E-state index is 0.193. The van der Waals surface area contributed by atoms with Crippen molar-refractivity contribution in [2.45, 2.75) is 52.4 Å². The van der Waals surface area contributed by atoms with Crippen LogP contribution in [0.15, 0.2) is 36.5 Å². The first-order valence-corrected chi connectivity index (χ1v) is 8.30. The molecule has 0 fully saturated rings. The molecule has 0 aromatic carbocycles. The summed E-state index contributed by atoms with van der Waals surface area (Å²) in [4.78, 5) is 31.8. The summed E-state index contributed by atoms with van der Waals surface area (Å²) in [6.45, 7) is 11.6. The first kappa shape index (κ1) is 24.9. The van der Waals surface area contributed by atoms with E-state index >= 15 is 0 Å². The summed E-state index contributed by atoms with van der Waals surface area (Å²) in [5, 5.41) is 8.19. The fraction of sp³-hybridized carbons (Fsp3) is 0.526. The number of carbonyl (C=O) groups is 3. The average Bonchev–Trinajstić information content (AvgIpc) is 2.59. The Hall–Kier alpha value is -2.37. The smallest absolute Gasteiger partial charge is 0.333 e. The topological polar surface area (TPSA) is 89.9 Å². The van der Waals surface area contributed by atoms with Gasteiger partial charge in [0, 0.05) is 17.2 Å². The zero-order valence-electron chi connectivity index (χ0n) is 15.5. The van der Waals surface area contributed by atoms with Crippen LogP contribution in [0, 0.1) is 0 Å². The van der Waals surface area contributed by atoms with Crippen molar-refractivity contribution in [3.05, 3.63) is 36.5 Å². The quantitative estimate of drug-likeness (QED) is 0.345.